The minimum Gasteiger partial charge on any atom is -0.376 e. The molecule has 1 saturated heterocycles. The molecule has 1 fully saturated rings. The Morgan fingerprint density at radius 1 is 1.11 bits per heavy atom. The van der Waals surface area contributed by atoms with Gasteiger partial charge in [-0.15, -0.1) is 5.10 Å². The summed E-state index contributed by atoms with van der Waals surface area (Å²) in [6, 6.07) is 16.6. The van der Waals surface area contributed by atoms with Crippen molar-refractivity contribution in [1.29, 1.82) is 0 Å². The molecule has 0 aliphatic carbocycles. The van der Waals surface area contributed by atoms with Crippen molar-refractivity contribution in [2.75, 3.05) is 6.61 Å². The molecule has 188 valence electrons. The highest BCUT2D eigenvalue weighted by molar-refractivity contribution is 5.79. The van der Waals surface area contributed by atoms with Gasteiger partial charge in [-0.1, -0.05) is 48.4 Å². The molecule has 2 aromatic carbocycles. The molecule has 0 spiro atoms. The summed E-state index contributed by atoms with van der Waals surface area (Å²) in [5, 5.41) is 13.8. The van der Waals surface area contributed by atoms with E-state index in [4.69, 9.17) is 4.74 Å². The zero-order valence-electron chi connectivity index (χ0n) is 21.3. The Morgan fingerprint density at radius 3 is 2.67 bits per heavy atom. The van der Waals surface area contributed by atoms with E-state index in [1.165, 1.54) is 11.1 Å². The first-order chi connectivity index (χ1) is 17.5. The zero-order chi connectivity index (χ0) is 25.1. The summed E-state index contributed by atoms with van der Waals surface area (Å²) in [6.07, 6.45) is 3.04. The highest BCUT2D eigenvalue weighted by atomic mass is 16.5. The number of benzene rings is 2. The van der Waals surface area contributed by atoms with Gasteiger partial charge < -0.3 is 9.72 Å². The van der Waals surface area contributed by atoms with Gasteiger partial charge in [0.15, 0.2) is 5.82 Å². The van der Waals surface area contributed by atoms with E-state index in [-0.39, 0.29) is 17.7 Å². The van der Waals surface area contributed by atoms with Gasteiger partial charge in [0.2, 0.25) is 0 Å². The number of tetrazole rings is 1. The molecule has 0 amide bonds. The van der Waals surface area contributed by atoms with Crippen LogP contribution in [0.25, 0.3) is 10.9 Å². The molecule has 0 radical (unpaired) electrons. The molecule has 2 aromatic heterocycles. The second-order valence-electron chi connectivity index (χ2n) is 9.88. The van der Waals surface area contributed by atoms with Gasteiger partial charge in [0.1, 0.15) is 0 Å². The number of aromatic nitrogens is 5. The lowest BCUT2D eigenvalue weighted by molar-refractivity contribution is 0.0888. The van der Waals surface area contributed by atoms with Gasteiger partial charge in [-0.3, -0.25) is 9.69 Å². The first-order valence-electron chi connectivity index (χ1n) is 12.8. The van der Waals surface area contributed by atoms with Crippen LogP contribution in [0.3, 0.4) is 0 Å². The normalized spacial score (nSPS) is 16.7. The number of fused-ring (bicyclic) bond motifs is 1. The largest absolute Gasteiger partial charge is 0.376 e. The molecule has 1 aliphatic rings. The maximum Gasteiger partial charge on any atom is 0.252 e. The third-order valence-electron chi connectivity index (χ3n) is 7.04. The zero-order valence-corrected chi connectivity index (χ0v) is 21.3. The molecule has 2 unspecified atom stereocenters. The van der Waals surface area contributed by atoms with Crippen LogP contribution in [-0.4, -0.2) is 42.8 Å². The number of hydrogen-bond donors (Lipinski definition) is 1. The summed E-state index contributed by atoms with van der Waals surface area (Å²) in [5.74, 6) is 0.813. The van der Waals surface area contributed by atoms with Crippen molar-refractivity contribution in [1.82, 2.24) is 30.1 Å². The Bertz CT molecular complexity index is 1370. The van der Waals surface area contributed by atoms with E-state index in [1.807, 2.05) is 22.9 Å². The van der Waals surface area contributed by atoms with Gasteiger partial charge in [-0.25, -0.2) is 4.68 Å². The third kappa shape index (κ3) is 5.39. The quantitative estimate of drug-likeness (QED) is 0.376. The smallest absolute Gasteiger partial charge is 0.252 e. The molecule has 0 bridgehead atoms. The second-order valence-corrected chi connectivity index (χ2v) is 9.88. The Labute approximate surface area is 211 Å². The highest BCUT2D eigenvalue weighted by Gasteiger charge is 2.28. The van der Waals surface area contributed by atoms with Gasteiger partial charge >= 0.3 is 0 Å². The van der Waals surface area contributed by atoms with Crippen LogP contribution in [0.15, 0.2) is 53.3 Å². The highest BCUT2D eigenvalue weighted by Crippen LogP contribution is 2.27. The van der Waals surface area contributed by atoms with Gasteiger partial charge in [0.25, 0.3) is 5.56 Å². The van der Waals surface area contributed by atoms with Crippen molar-refractivity contribution in [3.05, 3.63) is 87.0 Å². The average molecular weight is 487 g/mol. The van der Waals surface area contributed by atoms with E-state index < -0.39 is 0 Å². The lowest BCUT2D eigenvalue weighted by atomic mass is 10.1. The van der Waals surface area contributed by atoms with Crippen LogP contribution in [0, 0.1) is 13.8 Å². The van der Waals surface area contributed by atoms with Gasteiger partial charge in [0.05, 0.1) is 18.7 Å². The molecule has 8 heteroatoms. The van der Waals surface area contributed by atoms with Crippen LogP contribution in [0.4, 0.5) is 0 Å². The Balaban J connectivity index is 1.50. The van der Waals surface area contributed by atoms with E-state index in [9.17, 15) is 4.79 Å². The minimum atomic E-state index is -0.0611. The number of ether oxygens (including phenoxy) is 1. The van der Waals surface area contributed by atoms with Crippen molar-refractivity contribution < 1.29 is 4.74 Å². The summed E-state index contributed by atoms with van der Waals surface area (Å²) in [6.45, 7) is 8.90. The number of hydrogen-bond acceptors (Lipinski definition) is 6. The summed E-state index contributed by atoms with van der Waals surface area (Å²) in [5.41, 5.74) is 5.10. The molecule has 3 heterocycles. The van der Waals surface area contributed by atoms with Crippen molar-refractivity contribution in [2.45, 2.75) is 71.8 Å². The minimum absolute atomic E-state index is 0.0599. The van der Waals surface area contributed by atoms with Gasteiger partial charge in [-0.2, -0.15) is 0 Å². The van der Waals surface area contributed by atoms with Crippen LogP contribution in [0.2, 0.25) is 0 Å². The van der Waals surface area contributed by atoms with Crippen LogP contribution in [0.1, 0.15) is 60.3 Å². The van der Waals surface area contributed by atoms with Crippen molar-refractivity contribution in [3.8, 4) is 0 Å². The fourth-order valence-electron chi connectivity index (χ4n) is 5.08. The molecule has 1 aliphatic heterocycles. The van der Waals surface area contributed by atoms with Crippen molar-refractivity contribution >= 4 is 10.9 Å². The number of rotatable bonds is 9. The number of aromatic amines is 1. The van der Waals surface area contributed by atoms with E-state index >= 15 is 0 Å². The number of pyridine rings is 1. The number of nitrogens with one attached hydrogen (secondary N) is 1. The summed E-state index contributed by atoms with van der Waals surface area (Å²) >= 11 is 0. The molecule has 8 nitrogen and oxygen atoms in total. The Morgan fingerprint density at radius 2 is 1.92 bits per heavy atom. The number of nitrogens with zero attached hydrogens (tertiary/aromatic N) is 5. The molecule has 5 rings (SSSR count). The Hall–Kier alpha value is -3.36. The van der Waals surface area contributed by atoms with Gasteiger partial charge in [0, 0.05) is 30.8 Å². The van der Waals surface area contributed by atoms with Crippen molar-refractivity contribution in [3.63, 3.8) is 0 Å². The summed E-state index contributed by atoms with van der Waals surface area (Å²) in [4.78, 5) is 18.5. The molecule has 36 heavy (non-hydrogen) atoms. The average Bonchev–Trinajstić information content (AvgIpc) is 3.55. The lowest BCUT2D eigenvalue weighted by Gasteiger charge is -2.30. The molecule has 0 saturated carbocycles. The number of H-pyrrole nitrogens is 1. The third-order valence-corrected chi connectivity index (χ3v) is 7.04. The van der Waals surface area contributed by atoms with Crippen LogP contribution in [-0.2, 0) is 24.4 Å². The van der Waals surface area contributed by atoms with Crippen LogP contribution >= 0.6 is 0 Å². The first kappa shape index (κ1) is 24.3. The predicted octanol–water partition coefficient (Wildman–Crippen LogP) is 4.46. The molecule has 2 atom stereocenters. The Kier molecular flexibility index (Phi) is 7.25. The molecular weight excluding hydrogens is 452 g/mol. The maximum atomic E-state index is 13.1. The van der Waals surface area contributed by atoms with Crippen molar-refractivity contribution in [2.24, 2.45) is 0 Å². The fourth-order valence-corrected chi connectivity index (χ4v) is 5.08. The van der Waals surface area contributed by atoms with Crippen LogP contribution in [0.5, 0.6) is 0 Å². The van der Waals surface area contributed by atoms with Gasteiger partial charge in [-0.05, 0) is 72.7 Å². The summed E-state index contributed by atoms with van der Waals surface area (Å²) < 4.78 is 7.74. The monoisotopic (exact) mass is 486 g/mol. The van der Waals surface area contributed by atoms with E-state index in [0.29, 0.717) is 19.6 Å². The molecular formula is C28H34N6O2. The predicted molar refractivity (Wildman–Crippen MR) is 140 cm³/mol. The summed E-state index contributed by atoms with van der Waals surface area (Å²) in [7, 11) is 0. The fraction of sp³-hybridized carbons (Fsp3) is 0.429. The van der Waals surface area contributed by atoms with E-state index in [1.54, 1.807) is 0 Å². The topological polar surface area (TPSA) is 88.9 Å². The van der Waals surface area contributed by atoms with Crippen LogP contribution < -0.4 is 5.56 Å². The standard InChI is InChI=1S/C28H34N6O2/c1-4-26(27-30-31-32-34(27)18-24-6-5-13-36-24)33(16-21-10-7-19(2)8-11-21)17-23-15-22-14-20(3)9-12-25(22)29-28(23)35/h7-12,14-15,24,26H,4-6,13,16-18H2,1-3H3,(H,29,35). The van der Waals surface area contributed by atoms with E-state index in [2.05, 4.69) is 76.5 Å². The lowest BCUT2D eigenvalue weighted by Crippen LogP contribution is -2.33. The second kappa shape index (κ2) is 10.7. The molecule has 4 aromatic rings. The maximum absolute atomic E-state index is 13.1. The SMILES string of the molecule is CCC(c1nnnn1CC1CCCO1)N(Cc1ccc(C)cc1)Cc1cc2cc(C)ccc2[nH]c1=O. The molecule has 1 N–H and O–H groups in total. The number of aryl methyl sites for hydroxylation is 2. The first-order valence-corrected chi connectivity index (χ1v) is 12.8. The van der Waals surface area contributed by atoms with E-state index in [0.717, 1.165) is 53.7 Å².